The number of nitrogens with two attached hydrogens (primary N) is 1. The van der Waals surface area contributed by atoms with E-state index in [4.69, 9.17) is 5.73 Å². The highest BCUT2D eigenvalue weighted by molar-refractivity contribution is 6.30. The van der Waals surface area contributed by atoms with Crippen molar-refractivity contribution >= 4 is 28.3 Å². The molecular formula is C13H9NO. The number of hydrogen-bond acceptors (Lipinski definition) is 1. The number of carbonyl (C=O) groups is 1. The maximum absolute atomic E-state index is 11.3. The van der Waals surface area contributed by atoms with Gasteiger partial charge >= 0.3 is 0 Å². The SMILES string of the molecule is NC(=O)C1=Cc2cccc3cccc1c23. The molecule has 0 radical (unpaired) electrons. The second-order valence-corrected chi connectivity index (χ2v) is 3.67. The summed E-state index contributed by atoms with van der Waals surface area (Å²) in [5, 5.41) is 2.28. The maximum atomic E-state index is 11.3. The van der Waals surface area contributed by atoms with Gasteiger partial charge < -0.3 is 5.73 Å². The minimum atomic E-state index is -0.362. The van der Waals surface area contributed by atoms with Crippen LogP contribution in [0.5, 0.6) is 0 Å². The molecule has 2 aromatic rings. The molecule has 0 atom stereocenters. The van der Waals surface area contributed by atoms with Crippen LogP contribution in [0.15, 0.2) is 36.4 Å². The summed E-state index contributed by atoms with van der Waals surface area (Å²) in [7, 11) is 0. The third-order valence-electron chi connectivity index (χ3n) is 2.79. The van der Waals surface area contributed by atoms with Gasteiger partial charge in [-0.15, -0.1) is 0 Å². The lowest BCUT2D eigenvalue weighted by Gasteiger charge is -2.02. The van der Waals surface area contributed by atoms with Crippen LogP contribution >= 0.6 is 0 Å². The van der Waals surface area contributed by atoms with Crippen LogP contribution in [-0.4, -0.2) is 5.91 Å². The molecule has 0 aliphatic heterocycles. The Kier molecular flexibility index (Phi) is 1.48. The lowest BCUT2D eigenvalue weighted by atomic mass is 10.0. The molecule has 0 unspecified atom stereocenters. The summed E-state index contributed by atoms with van der Waals surface area (Å²) >= 11 is 0. The van der Waals surface area contributed by atoms with Crippen LogP contribution < -0.4 is 5.73 Å². The first-order valence-corrected chi connectivity index (χ1v) is 4.81. The van der Waals surface area contributed by atoms with E-state index in [0.29, 0.717) is 5.57 Å². The Balaban J connectivity index is 2.45. The summed E-state index contributed by atoms with van der Waals surface area (Å²) in [5.41, 5.74) is 7.99. The molecule has 2 N–H and O–H groups in total. The average Bonchev–Trinajstić information content (AvgIpc) is 2.61. The van der Waals surface area contributed by atoms with Crippen molar-refractivity contribution in [1.29, 1.82) is 0 Å². The maximum Gasteiger partial charge on any atom is 0.249 e. The number of amides is 1. The van der Waals surface area contributed by atoms with Gasteiger partial charge in [0.25, 0.3) is 0 Å². The zero-order chi connectivity index (χ0) is 10.4. The Morgan fingerprint density at radius 1 is 1.07 bits per heavy atom. The third kappa shape index (κ3) is 1.02. The van der Waals surface area contributed by atoms with E-state index in [-0.39, 0.29) is 5.91 Å². The molecule has 0 saturated carbocycles. The lowest BCUT2D eigenvalue weighted by molar-refractivity contribution is -0.112. The molecule has 1 aliphatic rings. The number of rotatable bonds is 1. The molecule has 2 aromatic carbocycles. The second-order valence-electron chi connectivity index (χ2n) is 3.67. The van der Waals surface area contributed by atoms with Gasteiger partial charge in [0.05, 0.1) is 0 Å². The number of primary amides is 1. The van der Waals surface area contributed by atoms with E-state index in [0.717, 1.165) is 21.9 Å². The van der Waals surface area contributed by atoms with Crippen molar-refractivity contribution in [2.75, 3.05) is 0 Å². The molecular weight excluding hydrogens is 186 g/mol. The van der Waals surface area contributed by atoms with Crippen LogP contribution in [0.25, 0.3) is 22.4 Å². The highest BCUT2D eigenvalue weighted by Gasteiger charge is 2.18. The first-order chi connectivity index (χ1) is 7.27. The molecule has 0 bridgehead atoms. The fraction of sp³-hybridized carbons (Fsp3) is 0. The molecule has 0 spiro atoms. The summed E-state index contributed by atoms with van der Waals surface area (Å²) in [6.45, 7) is 0. The van der Waals surface area contributed by atoms with Gasteiger partial charge in [0.1, 0.15) is 0 Å². The first-order valence-electron chi connectivity index (χ1n) is 4.81. The molecule has 0 saturated heterocycles. The monoisotopic (exact) mass is 195 g/mol. The quantitative estimate of drug-likeness (QED) is 0.744. The van der Waals surface area contributed by atoms with Crippen molar-refractivity contribution < 1.29 is 4.79 Å². The highest BCUT2D eigenvalue weighted by Crippen LogP contribution is 2.35. The van der Waals surface area contributed by atoms with E-state index in [1.807, 2.05) is 42.5 Å². The highest BCUT2D eigenvalue weighted by atomic mass is 16.1. The lowest BCUT2D eigenvalue weighted by Crippen LogP contribution is -2.11. The largest absolute Gasteiger partial charge is 0.366 e. The van der Waals surface area contributed by atoms with Crippen LogP contribution in [0, 0.1) is 0 Å². The zero-order valence-electron chi connectivity index (χ0n) is 8.03. The summed E-state index contributed by atoms with van der Waals surface area (Å²) in [6.07, 6.45) is 1.86. The third-order valence-corrected chi connectivity index (χ3v) is 2.79. The summed E-state index contributed by atoms with van der Waals surface area (Å²) in [5.74, 6) is -0.362. The van der Waals surface area contributed by atoms with E-state index in [9.17, 15) is 4.79 Å². The fourth-order valence-corrected chi connectivity index (χ4v) is 2.15. The molecule has 3 rings (SSSR count). The van der Waals surface area contributed by atoms with Gasteiger partial charge in [-0.3, -0.25) is 4.79 Å². The molecule has 1 aliphatic carbocycles. The van der Waals surface area contributed by atoms with Gasteiger partial charge in [0.15, 0.2) is 0 Å². The second kappa shape index (κ2) is 2.70. The predicted molar refractivity (Wildman–Crippen MR) is 61.0 cm³/mol. The van der Waals surface area contributed by atoms with Crippen LogP contribution in [0.2, 0.25) is 0 Å². The minimum Gasteiger partial charge on any atom is -0.366 e. The molecule has 2 nitrogen and oxygen atoms in total. The molecule has 0 heterocycles. The minimum absolute atomic E-state index is 0.362. The molecule has 0 fully saturated rings. The normalized spacial score (nSPS) is 12.9. The topological polar surface area (TPSA) is 43.1 Å². The standard InChI is InChI=1S/C13H9NO/c14-13(15)11-7-9-5-1-3-8-4-2-6-10(11)12(8)9/h1-7H,(H2,14,15). The van der Waals surface area contributed by atoms with Crippen LogP contribution in [0.1, 0.15) is 11.1 Å². The molecule has 72 valence electrons. The first kappa shape index (κ1) is 8.24. The van der Waals surface area contributed by atoms with Gasteiger partial charge in [-0.1, -0.05) is 36.4 Å². The summed E-state index contributed by atoms with van der Waals surface area (Å²) in [4.78, 5) is 11.3. The van der Waals surface area contributed by atoms with Crippen molar-refractivity contribution in [2.45, 2.75) is 0 Å². The van der Waals surface area contributed by atoms with Gasteiger partial charge in [-0.25, -0.2) is 0 Å². The Labute approximate surface area is 87.0 Å². The summed E-state index contributed by atoms with van der Waals surface area (Å²) in [6, 6.07) is 12.0. The van der Waals surface area contributed by atoms with Crippen molar-refractivity contribution in [2.24, 2.45) is 5.73 Å². The van der Waals surface area contributed by atoms with E-state index in [1.165, 1.54) is 0 Å². The van der Waals surface area contributed by atoms with E-state index >= 15 is 0 Å². The molecule has 15 heavy (non-hydrogen) atoms. The predicted octanol–water partition coefficient (Wildman–Crippen LogP) is 2.18. The van der Waals surface area contributed by atoms with Gasteiger partial charge in [0, 0.05) is 5.57 Å². The number of carbonyl (C=O) groups excluding carboxylic acids is 1. The smallest absolute Gasteiger partial charge is 0.249 e. The van der Waals surface area contributed by atoms with E-state index in [2.05, 4.69) is 0 Å². The number of benzene rings is 2. The van der Waals surface area contributed by atoms with Crippen molar-refractivity contribution in [3.63, 3.8) is 0 Å². The van der Waals surface area contributed by atoms with Gasteiger partial charge in [0.2, 0.25) is 5.91 Å². The Morgan fingerprint density at radius 2 is 1.80 bits per heavy atom. The zero-order valence-corrected chi connectivity index (χ0v) is 8.03. The molecule has 2 heteroatoms. The van der Waals surface area contributed by atoms with E-state index < -0.39 is 0 Å². The molecule has 0 aromatic heterocycles. The molecule has 1 amide bonds. The van der Waals surface area contributed by atoms with Crippen molar-refractivity contribution in [3.8, 4) is 0 Å². The fourth-order valence-electron chi connectivity index (χ4n) is 2.15. The van der Waals surface area contributed by atoms with Crippen molar-refractivity contribution in [3.05, 3.63) is 47.5 Å². The summed E-state index contributed by atoms with van der Waals surface area (Å²) < 4.78 is 0. The Hall–Kier alpha value is -2.09. The average molecular weight is 195 g/mol. The van der Waals surface area contributed by atoms with Crippen LogP contribution in [-0.2, 0) is 4.79 Å². The Morgan fingerprint density at radius 3 is 2.53 bits per heavy atom. The van der Waals surface area contributed by atoms with E-state index in [1.54, 1.807) is 0 Å². The van der Waals surface area contributed by atoms with Crippen LogP contribution in [0.4, 0.5) is 0 Å². The van der Waals surface area contributed by atoms with Gasteiger partial charge in [-0.2, -0.15) is 0 Å². The Bertz CT molecular complexity index is 606. The van der Waals surface area contributed by atoms with Gasteiger partial charge in [-0.05, 0) is 28.0 Å². The number of hydrogen-bond donors (Lipinski definition) is 1. The van der Waals surface area contributed by atoms with Crippen molar-refractivity contribution in [1.82, 2.24) is 0 Å². The van der Waals surface area contributed by atoms with Crippen LogP contribution in [0.3, 0.4) is 0 Å².